The third-order valence-electron chi connectivity index (χ3n) is 2.80. The van der Waals surface area contributed by atoms with Crippen molar-refractivity contribution in [2.24, 2.45) is 5.73 Å². The van der Waals surface area contributed by atoms with Gasteiger partial charge in [-0.05, 0) is 29.8 Å². The second kappa shape index (κ2) is 5.83. The number of primary amides is 1. The number of benzene rings is 2. The Kier molecular flexibility index (Phi) is 4.14. The lowest BCUT2D eigenvalue weighted by Crippen LogP contribution is -2.12. The summed E-state index contributed by atoms with van der Waals surface area (Å²) < 4.78 is 25.7. The summed E-state index contributed by atoms with van der Waals surface area (Å²) in [7, 11) is -1.54. The zero-order valence-corrected chi connectivity index (χ0v) is 11.3. The summed E-state index contributed by atoms with van der Waals surface area (Å²) in [4.78, 5) is 11.1. The SMILES string of the molecule is NC(=O)c1ccc(CS(=O)c2ccccc2F)c(N)c1. The molecule has 1 atom stereocenters. The van der Waals surface area contributed by atoms with Gasteiger partial charge < -0.3 is 11.5 Å². The van der Waals surface area contributed by atoms with Gasteiger partial charge in [0.25, 0.3) is 0 Å². The molecule has 4 N–H and O–H groups in total. The van der Waals surface area contributed by atoms with E-state index < -0.39 is 22.5 Å². The molecule has 2 rings (SSSR count). The van der Waals surface area contributed by atoms with Crippen molar-refractivity contribution in [3.63, 3.8) is 0 Å². The lowest BCUT2D eigenvalue weighted by atomic mass is 10.1. The second-order valence-corrected chi connectivity index (χ2v) is 5.62. The maximum Gasteiger partial charge on any atom is 0.248 e. The van der Waals surface area contributed by atoms with Crippen molar-refractivity contribution in [3.8, 4) is 0 Å². The summed E-state index contributed by atoms with van der Waals surface area (Å²) in [5.74, 6) is -1.03. The Hall–Kier alpha value is -2.21. The number of hydrogen-bond acceptors (Lipinski definition) is 3. The Morgan fingerprint density at radius 2 is 1.90 bits per heavy atom. The van der Waals surface area contributed by atoms with Crippen LogP contribution in [0.2, 0.25) is 0 Å². The monoisotopic (exact) mass is 292 g/mol. The molecule has 0 fully saturated rings. The third kappa shape index (κ3) is 3.03. The summed E-state index contributed by atoms with van der Waals surface area (Å²) in [6.07, 6.45) is 0. The number of amides is 1. The molecule has 0 spiro atoms. The van der Waals surface area contributed by atoms with E-state index in [-0.39, 0.29) is 16.2 Å². The molecule has 104 valence electrons. The summed E-state index contributed by atoms with van der Waals surface area (Å²) in [6, 6.07) is 10.4. The molecule has 0 aliphatic heterocycles. The van der Waals surface area contributed by atoms with Gasteiger partial charge in [-0.3, -0.25) is 9.00 Å². The lowest BCUT2D eigenvalue weighted by Gasteiger charge is -2.08. The zero-order valence-electron chi connectivity index (χ0n) is 10.5. The number of carbonyl (C=O) groups excluding carboxylic acids is 1. The summed E-state index contributed by atoms with van der Waals surface area (Å²) in [5.41, 5.74) is 12.1. The van der Waals surface area contributed by atoms with Crippen molar-refractivity contribution in [2.75, 3.05) is 5.73 Å². The van der Waals surface area contributed by atoms with Crippen molar-refractivity contribution in [1.82, 2.24) is 0 Å². The highest BCUT2D eigenvalue weighted by Gasteiger charge is 2.12. The Bertz CT molecular complexity index is 689. The summed E-state index contributed by atoms with van der Waals surface area (Å²) in [5, 5.41) is 0. The number of carbonyl (C=O) groups is 1. The van der Waals surface area contributed by atoms with E-state index in [2.05, 4.69) is 0 Å². The van der Waals surface area contributed by atoms with Crippen molar-refractivity contribution in [2.45, 2.75) is 10.6 Å². The Labute approximate surface area is 118 Å². The molecule has 0 radical (unpaired) electrons. The van der Waals surface area contributed by atoms with Crippen LogP contribution in [0.5, 0.6) is 0 Å². The molecule has 0 heterocycles. The molecular weight excluding hydrogens is 279 g/mol. The maximum atomic E-state index is 13.5. The highest BCUT2D eigenvalue weighted by Crippen LogP contribution is 2.20. The molecular formula is C14H13FN2O2S. The highest BCUT2D eigenvalue weighted by atomic mass is 32.2. The fraction of sp³-hybridized carbons (Fsp3) is 0.0714. The smallest absolute Gasteiger partial charge is 0.248 e. The van der Waals surface area contributed by atoms with Crippen molar-refractivity contribution in [1.29, 1.82) is 0 Å². The van der Waals surface area contributed by atoms with Crippen molar-refractivity contribution in [3.05, 3.63) is 59.4 Å². The molecule has 0 aromatic heterocycles. The van der Waals surface area contributed by atoms with Crippen LogP contribution in [0, 0.1) is 5.82 Å². The molecule has 0 aliphatic carbocycles. The fourth-order valence-corrected chi connectivity index (χ4v) is 2.94. The van der Waals surface area contributed by atoms with E-state index in [1.165, 1.54) is 30.3 Å². The minimum absolute atomic E-state index is 0.0752. The van der Waals surface area contributed by atoms with Crippen LogP contribution >= 0.6 is 0 Å². The van der Waals surface area contributed by atoms with Gasteiger partial charge >= 0.3 is 0 Å². The minimum Gasteiger partial charge on any atom is -0.398 e. The van der Waals surface area contributed by atoms with Crippen LogP contribution in [-0.2, 0) is 16.6 Å². The van der Waals surface area contributed by atoms with Crippen LogP contribution in [0.4, 0.5) is 10.1 Å². The molecule has 0 aliphatic rings. The molecule has 6 heteroatoms. The normalized spacial score (nSPS) is 12.1. The Balaban J connectivity index is 2.25. The van der Waals surface area contributed by atoms with Crippen LogP contribution in [0.1, 0.15) is 15.9 Å². The largest absolute Gasteiger partial charge is 0.398 e. The van der Waals surface area contributed by atoms with Gasteiger partial charge in [0.05, 0.1) is 21.4 Å². The first-order chi connectivity index (χ1) is 9.49. The van der Waals surface area contributed by atoms with E-state index in [4.69, 9.17) is 11.5 Å². The van der Waals surface area contributed by atoms with E-state index in [1.807, 2.05) is 0 Å². The molecule has 2 aromatic rings. The number of nitrogen functional groups attached to an aromatic ring is 1. The van der Waals surface area contributed by atoms with Gasteiger partial charge in [0.15, 0.2) is 0 Å². The van der Waals surface area contributed by atoms with Crippen LogP contribution in [0.25, 0.3) is 0 Å². The van der Waals surface area contributed by atoms with E-state index in [9.17, 15) is 13.4 Å². The molecule has 0 bridgehead atoms. The Morgan fingerprint density at radius 3 is 2.50 bits per heavy atom. The first-order valence-corrected chi connectivity index (χ1v) is 7.12. The highest BCUT2D eigenvalue weighted by molar-refractivity contribution is 7.84. The zero-order chi connectivity index (χ0) is 14.7. The molecule has 1 amide bonds. The molecule has 0 saturated carbocycles. The number of hydrogen-bond donors (Lipinski definition) is 2. The van der Waals surface area contributed by atoms with Gasteiger partial charge in [-0.15, -0.1) is 0 Å². The standard InChI is InChI=1S/C14H13FN2O2S/c15-11-3-1-2-4-13(11)20(19)8-10-6-5-9(14(17)18)7-12(10)16/h1-7H,8,16H2,(H2,17,18). The van der Waals surface area contributed by atoms with Gasteiger partial charge in [0, 0.05) is 11.3 Å². The summed E-state index contributed by atoms with van der Waals surface area (Å²) >= 11 is 0. The van der Waals surface area contributed by atoms with Crippen molar-refractivity contribution >= 4 is 22.4 Å². The second-order valence-electron chi connectivity index (χ2n) is 4.20. The average molecular weight is 292 g/mol. The van der Waals surface area contributed by atoms with Gasteiger partial charge in [-0.25, -0.2) is 4.39 Å². The van der Waals surface area contributed by atoms with Crippen LogP contribution in [0.3, 0.4) is 0 Å². The molecule has 0 saturated heterocycles. The van der Waals surface area contributed by atoms with Gasteiger partial charge in [-0.2, -0.15) is 0 Å². The fourth-order valence-electron chi connectivity index (χ4n) is 1.73. The third-order valence-corrected chi connectivity index (χ3v) is 4.19. The van der Waals surface area contributed by atoms with Crippen LogP contribution in [-0.4, -0.2) is 10.1 Å². The maximum absolute atomic E-state index is 13.5. The first-order valence-electron chi connectivity index (χ1n) is 5.80. The van der Waals surface area contributed by atoms with Crippen LogP contribution < -0.4 is 11.5 Å². The predicted molar refractivity (Wildman–Crippen MR) is 75.9 cm³/mol. The van der Waals surface area contributed by atoms with Gasteiger partial charge in [0.1, 0.15) is 5.82 Å². The number of halogens is 1. The molecule has 1 unspecified atom stereocenters. The van der Waals surface area contributed by atoms with Crippen LogP contribution in [0.15, 0.2) is 47.4 Å². The lowest BCUT2D eigenvalue weighted by molar-refractivity contribution is 0.100. The average Bonchev–Trinajstić information content (AvgIpc) is 2.41. The topological polar surface area (TPSA) is 86.2 Å². The molecule has 4 nitrogen and oxygen atoms in total. The minimum atomic E-state index is -1.54. The van der Waals surface area contributed by atoms with E-state index in [0.29, 0.717) is 11.3 Å². The first kappa shape index (κ1) is 14.2. The van der Waals surface area contributed by atoms with E-state index in [0.717, 1.165) is 0 Å². The molecule has 2 aromatic carbocycles. The number of rotatable bonds is 4. The quantitative estimate of drug-likeness (QED) is 0.843. The van der Waals surface area contributed by atoms with E-state index >= 15 is 0 Å². The summed E-state index contributed by atoms with van der Waals surface area (Å²) in [6.45, 7) is 0. The number of anilines is 1. The van der Waals surface area contributed by atoms with Gasteiger partial charge in [0.2, 0.25) is 5.91 Å². The van der Waals surface area contributed by atoms with Gasteiger partial charge in [-0.1, -0.05) is 18.2 Å². The predicted octanol–water partition coefficient (Wildman–Crippen LogP) is 1.81. The van der Waals surface area contributed by atoms with E-state index in [1.54, 1.807) is 12.1 Å². The molecule has 20 heavy (non-hydrogen) atoms. The Morgan fingerprint density at radius 1 is 1.20 bits per heavy atom. The number of nitrogens with two attached hydrogens (primary N) is 2. The van der Waals surface area contributed by atoms with Crippen molar-refractivity contribution < 1.29 is 13.4 Å².